The average Bonchev–Trinajstić information content (AvgIpc) is 2.94. The summed E-state index contributed by atoms with van der Waals surface area (Å²) in [4.78, 5) is 17.7. The van der Waals surface area contributed by atoms with Crippen molar-refractivity contribution in [2.45, 2.75) is 50.3 Å². The first-order valence-electron chi connectivity index (χ1n) is 7.64. The Morgan fingerprint density at radius 1 is 1.33 bits per heavy atom. The number of nitrogens with zero attached hydrogens (tertiary/aromatic N) is 2. The average molecular weight is 314 g/mol. The van der Waals surface area contributed by atoms with Gasteiger partial charge in [-0.15, -0.1) is 0 Å². The zero-order valence-electron chi connectivity index (χ0n) is 14.0. The predicted molar refractivity (Wildman–Crippen MR) is 92.0 cm³/mol. The topological polar surface area (TPSA) is 56.7 Å². The molecule has 2 N–H and O–H groups in total. The second-order valence-corrected chi connectivity index (χ2v) is 7.91. The molecule has 0 unspecified atom stereocenters. The largest absolute Gasteiger partial charge is 0.355 e. The zero-order valence-corrected chi connectivity index (χ0v) is 14.8. The molecule has 1 amide bonds. The lowest BCUT2D eigenvalue weighted by Crippen LogP contribution is -2.47. The Balaban J connectivity index is 2.59. The van der Waals surface area contributed by atoms with Gasteiger partial charge in [0, 0.05) is 31.4 Å². The molecular weight excluding hydrogens is 284 g/mol. The number of rotatable bonds is 6. The summed E-state index contributed by atoms with van der Waals surface area (Å²) in [6, 6.07) is 0.489. The first-order chi connectivity index (χ1) is 9.84. The molecular formula is C15H30N4OS. The number of nitrogens with one attached hydrogen (secondary N) is 2. The van der Waals surface area contributed by atoms with Gasteiger partial charge in [-0.3, -0.25) is 4.79 Å². The zero-order chi connectivity index (χ0) is 15.9. The Kier molecular flexibility index (Phi) is 7.35. The van der Waals surface area contributed by atoms with E-state index in [1.54, 1.807) is 19.0 Å². The Labute approximate surface area is 133 Å². The molecule has 0 radical (unpaired) electrons. The van der Waals surface area contributed by atoms with Crippen molar-refractivity contribution in [3.63, 3.8) is 0 Å². The monoisotopic (exact) mass is 314 g/mol. The summed E-state index contributed by atoms with van der Waals surface area (Å²) in [5.74, 6) is 0.783. The van der Waals surface area contributed by atoms with E-state index in [0.29, 0.717) is 6.04 Å². The van der Waals surface area contributed by atoms with E-state index >= 15 is 0 Å². The van der Waals surface area contributed by atoms with Gasteiger partial charge in [0.2, 0.25) is 5.91 Å². The maximum absolute atomic E-state index is 11.7. The van der Waals surface area contributed by atoms with Gasteiger partial charge >= 0.3 is 0 Å². The number of amides is 1. The Morgan fingerprint density at radius 3 is 2.48 bits per heavy atom. The van der Waals surface area contributed by atoms with Crippen molar-refractivity contribution < 1.29 is 4.79 Å². The minimum Gasteiger partial charge on any atom is -0.355 e. The van der Waals surface area contributed by atoms with Gasteiger partial charge in [0.25, 0.3) is 0 Å². The van der Waals surface area contributed by atoms with Crippen molar-refractivity contribution in [1.82, 2.24) is 15.5 Å². The Bertz CT molecular complexity index is 363. The van der Waals surface area contributed by atoms with Crippen molar-refractivity contribution >= 4 is 23.6 Å². The standard InChI is InChI=1S/C15H30N4OS/c1-15(2,21-5)11-17-14(16-10-13(20)19(3)4)18-12-8-6-7-9-12/h12H,6-11H2,1-5H3,(H2,16,17,18). The van der Waals surface area contributed by atoms with E-state index in [4.69, 9.17) is 0 Å². The lowest BCUT2D eigenvalue weighted by atomic mass is 10.2. The van der Waals surface area contributed by atoms with E-state index < -0.39 is 0 Å². The third kappa shape index (κ3) is 7.07. The van der Waals surface area contributed by atoms with Crippen LogP contribution in [0, 0.1) is 0 Å². The summed E-state index contributed by atoms with van der Waals surface area (Å²) in [6.07, 6.45) is 7.04. The molecule has 0 aliphatic heterocycles. The lowest BCUT2D eigenvalue weighted by Gasteiger charge is -2.25. The molecule has 0 spiro atoms. The number of hydrogen-bond acceptors (Lipinski definition) is 3. The summed E-state index contributed by atoms with van der Waals surface area (Å²) < 4.78 is 0.143. The van der Waals surface area contributed by atoms with Crippen LogP contribution in [0.5, 0.6) is 0 Å². The number of carbonyl (C=O) groups is 1. The number of guanidine groups is 1. The minimum atomic E-state index is 0.0200. The summed E-state index contributed by atoms with van der Waals surface area (Å²) >= 11 is 1.82. The van der Waals surface area contributed by atoms with Gasteiger partial charge in [0.15, 0.2) is 5.96 Å². The molecule has 21 heavy (non-hydrogen) atoms. The van der Waals surface area contributed by atoms with Crippen LogP contribution in [0.1, 0.15) is 39.5 Å². The van der Waals surface area contributed by atoms with Gasteiger partial charge in [0.05, 0.1) is 0 Å². The molecule has 0 saturated heterocycles. The first kappa shape index (κ1) is 18.1. The molecule has 0 aromatic rings. The van der Waals surface area contributed by atoms with Crippen molar-refractivity contribution in [2.24, 2.45) is 4.99 Å². The molecule has 0 bridgehead atoms. The van der Waals surface area contributed by atoms with Gasteiger partial charge in [-0.05, 0) is 32.9 Å². The predicted octanol–water partition coefficient (Wildman–Crippen LogP) is 1.69. The Hall–Kier alpha value is -0.910. The molecule has 6 heteroatoms. The molecule has 0 heterocycles. The van der Waals surface area contributed by atoms with Crippen LogP contribution in [0.3, 0.4) is 0 Å². The van der Waals surface area contributed by atoms with Gasteiger partial charge in [-0.2, -0.15) is 11.8 Å². The normalized spacial score (nSPS) is 16.9. The highest BCUT2D eigenvalue weighted by Crippen LogP contribution is 2.20. The first-order valence-corrected chi connectivity index (χ1v) is 8.86. The van der Waals surface area contributed by atoms with Crippen molar-refractivity contribution in [1.29, 1.82) is 0 Å². The number of carbonyl (C=O) groups excluding carboxylic acids is 1. The van der Waals surface area contributed by atoms with Crippen molar-refractivity contribution in [2.75, 3.05) is 33.4 Å². The second-order valence-electron chi connectivity index (χ2n) is 6.40. The van der Waals surface area contributed by atoms with E-state index in [0.717, 1.165) is 12.5 Å². The molecule has 1 fully saturated rings. The second kappa shape index (κ2) is 8.51. The van der Waals surface area contributed by atoms with Crippen LogP contribution in [0.2, 0.25) is 0 Å². The summed E-state index contributed by atoms with van der Waals surface area (Å²) in [5.41, 5.74) is 0. The highest BCUT2D eigenvalue weighted by Gasteiger charge is 2.19. The minimum absolute atomic E-state index is 0.0200. The van der Waals surface area contributed by atoms with Gasteiger partial charge < -0.3 is 15.5 Å². The summed E-state index contributed by atoms with van der Waals surface area (Å²) in [5, 5.41) is 6.85. The highest BCUT2D eigenvalue weighted by atomic mass is 32.2. The molecule has 0 aromatic carbocycles. The van der Waals surface area contributed by atoms with E-state index in [9.17, 15) is 4.79 Å². The fourth-order valence-corrected chi connectivity index (χ4v) is 2.29. The van der Waals surface area contributed by atoms with Crippen molar-refractivity contribution in [3.8, 4) is 0 Å². The molecule has 1 saturated carbocycles. The van der Waals surface area contributed by atoms with E-state index in [1.807, 2.05) is 11.8 Å². The molecule has 5 nitrogen and oxygen atoms in total. The van der Waals surface area contributed by atoms with Crippen LogP contribution in [0.25, 0.3) is 0 Å². The molecule has 1 rings (SSSR count). The van der Waals surface area contributed by atoms with E-state index in [-0.39, 0.29) is 17.2 Å². The third-order valence-electron chi connectivity index (χ3n) is 3.80. The SMILES string of the molecule is CSC(C)(C)CNC(=NCC(=O)N(C)C)NC1CCCC1. The molecule has 122 valence electrons. The highest BCUT2D eigenvalue weighted by molar-refractivity contribution is 7.99. The third-order valence-corrected chi connectivity index (χ3v) is 5.05. The number of hydrogen-bond donors (Lipinski definition) is 2. The van der Waals surface area contributed by atoms with Gasteiger partial charge in [0.1, 0.15) is 6.54 Å². The quantitative estimate of drug-likeness (QED) is 0.579. The molecule has 0 aromatic heterocycles. The molecule has 0 atom stereocenters. The number of likely N-dealkylation sites (N-methyl/N-ethyl adjacent to an activating group) is 1. The Morgan fingerprint density at radius 2 is 1.95 bits per heavy atom. The fraction of sp³-hybridized carbons (Fsp3) is 0.867. The molecule has 1 aliphatic carbocycles. The van der Waals surface area contributed by atoms with E-state index in [2.05, 4.69) is 35.7 Å². The number of aliphatic imine (C=N–C) groups is 1. The van der Waals surface area contributed by atoms with E-state index in [1.165, 1.54) is 25.7 Å². The maximum Gasteiger partial charge on any atom is 0.243 e. The number of thioether (sulfide) groups is 1. The van der Waals surface area contributed by atoms with Crippen LogP contribution in [0.4, 0.5) is 0 Å². The van der Waals surface area contributed by atoms with Crippen LogP contribution in [0.15, 0.2) is 4.99 Å². The summed E-state index contributed by atoms with van der Waals surface area (Å²) in [6.45, 7) is 5.41. The van der Waals surface area contributed by atoms with Gasteiger partial charge in [-0.1, -0.05) is 12.8 Å². The smallest absolute Gasteiger partial charge is 0.243 e. The van der Waals surface area contributed by atoms with Crippen LogP contribution in [-0.2, 0) is 4.79 Å². The van der Waals surface area contributed by atoms with Crippen LogP contribution < -0.4 is 10.6 Å². The van der Waals surface area contributed by atoms with Crippen LogP contribution in [-0.4, -0.2) is 61.0 Å². The van der Waals surface area contributed by atoms with Crippen molar-refractivity contribution in [3.05, 3.63) is 0 Å². The maximum atomic E-state index is 11.7. The van der Waals surface area contributed by atoms with Gasteiger partial charge in [-0.25, -0.2) is 4.99 Å². The fourth-order valence-electron chi connectivity index (χ4n) is 2.07. The molecule has 1 aliphatic rings. The summed E-state index contributed by atoms with van der Waals surface area (Å²) in [7, 11) is 3.51. The lowest BCUT2D eigenvalue weighted by molar-refractivity contribution is -0.127. The van der Waals surface area contributed by atoms with Crippen LogP contribution >= 0.6 is 11.8 Å².